The van der Waals surface area contributed by atoms with Crippen LogP contribution in [-0.2, 0) is 7.05 Å². The van der Waals surface area contributed by atoms with Gasteiger partial charge in [-0.3, -0.25) is 9.67 Å². The molecule has 0 atom stereocenters. The van der Waals surface area contributed by atoms with Crippen molar-refractivity contribution >= 4 is 17.4 Å². The molecule has 0 fully saturated rings. The van der Waals surface area contributed by atoms with Gasteiger partial charge < -0.3 is 5.32 Å². The van der Waals surface area contributed by atoms with Crippen molar-refractivity contribution in [2.24, 2.45) is 7.05 Å². The highest BCUT2D eigenvalue weighted by Crippen LogP contribution is 2.26. The first-order valence-corrected chi connectivity index (χ1v) is 6.72. The highest BCUT2D eigenvalue weighted by Gasteiger charge is 2.12. The first-order valence-electron chi connectivity index (χ1n) is 6.34. The SMILES string of the molecule is CNc1cc(-c2cnn(C)c2)nc(-c2ncccc2Cl)n1. The minimum absolute atomic E-state index is 0.478. The van der Waals surface area contributed by atoms with Crippen LogP contribution in [0.1, 0.15) is 0 Å². The third-order valence-electron chi connectivity index (χ3n) is 2.95. The van der Waals surface area contributed by atoms with Crippen molar-refractivity contribution in [2.75, 3.05) is 12.4 Å². The second kappa shape index (κ2) is 5.49. The summed E-state index contributed by atoms with van der Waals surface area (Å²) in [5, 5.41) is 7.70. The maximum atomic E-state index is 6.18. The number of halogens is 1. The van der Waals surface area contributed by atoms with Crippen molar-refractivity contribution in [1.82, 2.24) is 24.7 Å². The molecule has 0 radical (unpaired) electrons. The molecule has 1 N–H and O–H groups in total. The lowest BCUT2D eigenvalue weighted by Crippen LogP contribution is -2.00. The summed E-state index contributed by atoms with van der Waals surface area (Å²) in [5.41, 5.74) is 2.23. The fourth-order valence-corrected chi connectivity index (χ4v) is 2.14. The van der Waals surface area contributed by atoms with Crippen LogP contribution in [0.15, 0.2) is 36.8 Å². The van der Waals surface area contributed by atoms with E-state index in [-0.39, 0.29) is 0 Å². The predicted octanol–water partition coefficient (Wildman–Crippen LogP) is 2.63. The summed E-state index contributed by atoms with van der Waals surface area (Å²) in [6, 6.07) is 5.40. The molecule has 0 bridgehead atoms. The van der Waals surface area contributed by atoms with Crippen LogP contribution >= 0.6 is 11.6 Å². The molecular formula is C14H13ClN6. The molecule has 106 valence electrons. The molecule has 0 saturated carbocycles. The average molecular weight is 301 g/mol. The van der Waals surface area contributed by atoms with Crippen LogP contribution in [0.5, 0.6) is 0 Å². The molecule has 0 amide bonds. The summed E-state index contributed by atoms with van der Waals surface area (Å²) in [6.07, 6.45) is 5.32. The molecule has 21 heavy (non-hydrogen) atoms. The van der Waals surface area contributed by atoms with Crippen LogP contribution in [0.4, 0.5) is 5.82 Å². The van der Waals surface area contributed by atoms with Crippen molar-refractivity contribution in [3.63, 3.8) is 0 Å². The van der Waals surface area contributed by atoms with E-state index in [1.54, 1.807) is 36.3 Å². The van der Waals surface area contributed by atoms with Crippen LogP contribution in [0.2, 0.25) is 5.02 Å². The Balaban J connectivity index is 2.16. The fraction of sp³-hybridized carbons (Fsp3) is 0.143. The van der Waals surface area contributed by atoms with Gasteiger partial charge in [0.1, 0.15) is 11.5 Å². The molecule has 0 unspecified atom stereocenters. The maximum Gasteiger partial charge on any atom is 0.182 e. The van der Waals surface area contributed by atoms with Gasteiger partial charge in [0.15, 0.2) is 5.82 Å². The second-order valence-corrected chi connectivity index (χ2v) is 4.86. The summed E-state index contributed by atoms with van der Waals surface area (Å²) in [6.45, 7) is 0. The maximum absolute atomic E-state index is 6.18. The minimum atomic E-state index is 0.478. The van der Waals surface area contributed by atoms with Crippen LogP contribution < -0.4 is 5.32 Å². The van der Waals surface area contributed by atoms with Crippen LogP contribution in [0.25, 0.3) is 22.8 Å². The van der Waals surface area contributed by atoms with E-state index < -0.39 is 0 Å². The quantitative estimate of drug-likeness (QED) is 0.805. The Labute approximate surface area is 126 Å². The standard InChI is InChI=1S/C14H13ClN6/c1-16-12-6-11(9-7-18-21(2)8-9)19-14(20-12)13-10(15)4-3-5-17-13/h3-8H,1-2H3,(H,16,19,20). The van der Waals surface area contributed by atoms with Gasteiger partial charge in [0.25, 0.3) is 0 Å². The van der Waals surface area contributed by atoms with Gasteiger partial charge in [0.2, 0.25) is 0 Å². The fourth-order valence-electron chi connectivity index (χ4n) is 1.93. The van der Waals surface area contributed by atoms with Gasteiger partial charge in [0.05, 0.1) is 16.9 Å². The van der Waals surface area contributed by atoms with E-state index in [1.165, 1.54) is 0 Å². The third kappa shape index (κ3) is 2.71. The number of hydrogen-bond acceptors (Lipinski definition) is 5. The largest absolute Gasteiger partial charge is 0.373 e. The van der Waals surface area contributed by atoms with Gasteiger partial charge in [-0.2, -0.15) is 5.10 Å². The molecule has 0 aliphatic carbocycles. The van der Waals surface area contributed by atoms with Crippen LogP contribution in [-0.4, -0.2) is 31.8 Å². The summed E-state index contributed by atoms with van der Waals surface area (Å²) < 4.78 is 1.73. The molecule has 7 heteroatoms. The summed E-state index contributed by atoms with van der Waals surface area (Å²) in [4.78, 5) is 13.2. The van der Waals surface area contributed by atoms with Crippen LogP contribution in [0.3, 0.4) is 0 Å². The number of hydrogen-bond donors (Lipinski definition) is 1. The lowest BCUT2D eigenvalue weighted by Gasteiger charge is -2.07. The summed E-state index contributed by atoms with van der Waals surface area (Å²) in [7, 11) is 3.67. The number of pyridine rings is 1. The number of aromatic nitrogens is 5. The highest BCUT2D eigenvalue weighted by atomic mass is 35.5. The monoisotopic (exact) mass is 300 g/mol. The van der Waals surface area contributed by atoms with E-state index in [0.29, 0.717) is 22.4 Å². The van der Waals surface area contributed by atoms with Crippen LogP contribution in [0, 0.1) is 0 Å². The van der Waals surface area contributed by atoms with E-state index in [1.807, 2.05) is 19.3 Å². The van der Waals surface area contributed by atoms with E-state index in [2.05, 4.69) is 25.4 Å². The Morgan fingerprint density at radius 1 is 1.29 bits per heavy atom. The zero-order chi connectivity index (χ0) is 14.8. The van der Waals surface area contributed by atoms with Crippen molar-refractivity contribution < 1.29 is 0 Å². The number of anilines is 1. The van der Waals surface area contributed by atoms with Gasteiger partial charge >= 0.3 is 0 Å². The van der Waals surface area contributed by atoms with Gasteiger partial charge in [0, 0.05) is 38.1 Å². The molecule has 0 spiro atoms. The van der Waals surface area contributed by atoms with Gasteiger partial charge in [-0.25, -0.2) is 9.97 Å². The van der Waals surface area contributed by atoms with E-state index in [4.69, 9.17) is 11.6 Å². The first kappa shape index (κ1) is 13.5. The minimum Gasteiger partial charge on any atom is -0.373 e. The number of nitrogens with zero attached hydrogens (tertiary/aromatic N) is 5. The Hall–Kier alpha value is -2.47. The predicted molar refractivity (Wildman–Crippen MR) is 82.0 cm³/mol. The third-order valence-corrected chi connectivity index (χ3v) is 3.26. The molecule has 0 saturated heterocycles. The number of aryl methyl sites for hydroxylation is 1. The number of rotatable bonds is 3. The topological polar surface area (TPSA) is 68.5 Å². The Morgan fingerprint density at radius 2 is 2.14 bits per heavy atom. The Morgan fingerprint density at radius 3 is 2.81 bits per heavy atom. The zero-order valence-electron chi connectivity index (χ0n) is 11.6. The van der Waals surface area contributed by atoms with Crippen molar-refractivity contribution in [1.29, 1.82) is 0 Å². The molecule has 0 aliphatic heterocycles. The molecular weight excluding hydrogens is 288 g/mol. The molecule has 6 nitrogen and oxygen atoms in total. The first-order chi connectivity index (χ1) is 10.2. The molecule has 3 aromatic rings. The second-order valence-electron chi connectivity index (χ2n) is 4.45. The molecule has 0 aliphatic rings. The molecule has 3 aromatic heterocycles. The van der Waals surface area contributed by atoms with Crippen molar-refractivity contribution in [2.45, 2.75) is 0 Å². The van der Waals surface area contributed by atoms with Gasteiger partial charge in [-0.1, -0.05) is 11.6 Å². The molecule has 3 heterocycles. The van der Waals surface area contributed by atoms with Crippen molar-refractivity contribution in [3.05, 3.63) is 41.8 Å². The van der Waals surface area contributed by atoms with E-state index >= 15 is 0 Å². The van der Waals surface area contributed by atoms with E-state index in [0.717, 1.165) is 11.3 Å². The number of nitrogens with one attached hydrogen (secondary N) is 1. The normalized spacial score (nSPS) is 10.6. The lowest BCUT2D eigenvalue weighted by molar-refractivity contribution is 0.768. The molecule has 0 aromatic carbocycles. The zero-order valence-corrected chi connectivity index (χ0v) is 12.3. The van der Waals surface area contributed by atoms with E-state index in [9.17, 15) is 0 Å². The Bertz CT molecular complexity index is 783. The van der Waals surface area contributed by atoms with Gasteiger partial charge in [-0.05, 0) is 12.1 Å². The Kier molecular flexibility index (Phi) is 3.53. The summed E-state index contributed by atoms with van der Waals surface area (Å²) >= 11 is 6.18. The van der Waals surface area contributed by atoms with Crippen molar-refractivity contribution in [3.8, 4) is 22.8 Å². The van der Waals surface area contributed by atoms with Gasteiger partial charge in [-0.15, -0.1) is 0 Å². The summed E-state index contributed by atoms with van der Waals surface area (Å²) in [5.74, 6) is 1.17. The molecule has 3 rings (SSSR count). The highest BCUT2D eigenvalue weighted by molar-refractivity contribution is 6.32. The lowest BCUT2D eigenvalue weighted by atomic mass is 10.2. The average Bonchev–Trinajstić information content (AvgIpc) is 2.94. The smallest absolute Gasteiger partial charge is 0.182 e.